The Kier molecular flexibility index (Phi) is 7.46. The van der Waals surface area contributed by atoms with Gasteiger partial charge in [-0.15, -0.1) is 11.3 Å². The van der Waals surface area contributed by atoms with Crippen molar-refractivity contribution in [1.82, 2.24) is 19.7 Å². The normalized spacial score (nSPS) is 17.5. The maximum Gasteiger partial charge on any atom is 0.250 e. The van der Waals surface area contributed by atoms with E-state index in [2.05, 4.69) is 33.7 Å². The van der Waals surface area contributed by atoms with Crippen LogP contribution in [-0.2, 0) is 6.42 Å². The van der Waals surface area contributed by atoms with E-state index in [1.165, 1.54) is 86.8 Å². The summed E-state index contributed by atoms with van der Waals surface area (Å²) in [5.41, 5.74) is 2.62. The van der Waals surface area contributed by atoms with Crippen molar-refractivity contribution in [2.45, 2.75) is 83.0 Å². The number of nitrogens with zero attached hydrogens (tertiary/aromatic N) is 4. The van der Waals surface area contributed by atoms with Gasteiger partial charge in [-0.3, -0.25) is 0 Å². The largest absolute Gasteiger partial charge is 0.250 e. The van der Waals surface area contributed by atoms with E-state index in [-0.39, 0.29) is 0 Å². The fourth-order valence-corrected chi connectivity index (χ4v) is 5.17. The van der Waals surface area contributed by atoms with Crippen molar-refractivity contribution in [2.24, 2.45) is 0 Å². The molecule has 0 aromatic carbocycles. The van der Waals surface area contributed by atoms with Crippen molar-refractivity contribution in [2.75, 3.05) is 0 Å². The summed E-state index contributed by atoms with van der Waals surface area (Å²) in [6, 6.07) is 6.20. The molecule has 0 amide bonds. The number of rotatable bonds is 4. The minimum Gasteiger partial charge on any atom is -0.220 e. The number of hydrogen-bond acceptors (Lipinski definition) is 4. The third kappa shape index (κ3) is 5.75. The van der Waals surface area contributed by atoms with Gasteiger partial charge in [0.25, 0.3) is 0 Å². The Balaban J connectivity index is 1.60. The van der Waals surface area contributed by atoms with Crippen LogP contribution in [0.3, 0.4) is 0 Å². The van der Waals surface area contributed by atoms with E-state index < -0.39 is 0 Å². The van der Waals surface area contributed by atoms with E-state index in [9.17, 15) is 0 Å². The summed E-state index contributed by atoms with van der Waals surface area (Å²) in [5.74, 6) is 1.26. The second-order valence-corrected chi connectivity index (χ2v) is 9.27. The molecule has 3 aromatic heterocycles. The van der Waals surface area contributed by atoms with Crippen LogP contribution in [0.5, 0.6) is 0 Å². The van der Waals surface area contributed by atoms with Crippen LogP contribution in [0.2, 0.25) is 0 Å². The van der Waals surface area contributed by atoms with Crippen LogP contribution in [0, 0.1) is 0 Å². The highest BCUT2D eigenvalue weighted by Gasteiger charge is 2.21. The molecule has 1 fully saturated rings. The predicted molar refractivity (Wildman–Crippen MR) is 120 cm³/mol. The van der Waals surface area contributed by atoms with Gasteiger partial charge in [-0.25, -0.2) is 14.6 Å². The Morgan fingerprint density at radius 3 is 2.14 bits per heavy atom. The molecule has 1 aliphatic rings. The minimum absolute atomic E-state index is 0.599. The van der Waals surface area contributed by atoms with Gasteiger partial charge in [-0.1, -0.05) is 63.9 Å². The summed E-state index contributed by atoms with van der Waals surface area (Å²) in [6.45, 7) is 0. The topological polar surface area (TPSA) is 43.6 Å². The maximum atomic E-state index is 4.96. The minimum atomic E-state index is 0.599. The van der Waals surface area contributed by atoms with Crippen LogP contribution in [0.15, 0.2) is 42.2 Å². The first-order valence-electron chi connectivity index (χ1n) is 11.3. The molecule has 1 aliphatic carbocycles. The predicted octanol–water partition coefficient (Wildman–Crippen LogP) is 6.70. The molecular formula is C24H32N4S. The quantitative estimate of drug-likeness (QED) is 0.482. The van der Waals surface area contributed by atoms with Crippen molar-refractivity contribution in [1.29, 1.82) is 0 Å². The van der Waals surface area contributed by atoms with Gasteiger partial charge in [-0.05, 0) is 41.8 Å². The Labute approximate surface area is 178 Å². The van der Waals surface area contributed by atoms with Gasteiger partial charge in [0.1, 0.15) is 0 Å². The van der Waals surface area contributed by atoms with E-state index in [1.807, 2.05) is 22.1 Å². The van der Waals surface area contributed by atoms with Crippen LogP contribution >= 0.6 is 11.3 Å². The van der Waals surface area contributed by atoms with Crippen molar-refractivity contribution >= 4 is 11.3 Å². The van der Waals surface area contributed by atoms with E-state index in [0.717, 1.165) is 6.42 Å². The summed E-state index contributed by atoms with van der Waals surface area (Å²) >= 11 is 1.82. The molecule has 0 unspecified atom stereocenters. The lowest BCUT2D eigenvalue weighted by Crippen LogP contribution is -2.03. The zero-order valence-electron chi connectivity index (χ0n) is 17.3. The second kappa shape index (κ2) is 10.7. The highest BCUT2D eigenvalue weighted by atomic mass is 32.1. The smallest absolute Gasteiger partial charge is 0.220 e. The van der Waals surface area contributed by atoms with Gasteiger partial charge in [0.05, 0.1) is 5.69 Å². The molecule has 0 aliphatic heterocycles. The number of aromatic nitrogens is 4. The monoisotopic (exact) mass is 408 g/mol. The Morgan fingerprint density at radius 1 is 0.862 bits per heavy atom. The molecule has 0 N–H and O–H groups in total. The molecule has 154 valence electrons. The molecule has 0 saturated heterocycles. The van der Waals surface area contributed by atoms with Gasteiger partial charge in [0, 0.05) is 29.9 Å². The summed E-state index contributed by atoms with van der Waals surface area (Å²) in [5, 5.41) is 7.11. The SMILES string of the molecule is c1cnc(-n2cc(C3CCCCCCCCCCC3)c(Cc3cccs3)n2)nc1. The van der Waals surface area contributed by atoms with Gasteiger partial charge in [0.15, 0.2) is 0 Å². The number of thiophene rings is 1. The molecule has 3 heterocycles. The highest BCUT2D eigenvalue weighted by Crippen LogP contribution is 2.33. The maximum absolute atomic E-state index is 4.96. The Morgan fingerprint density at radius 2 is 1.52 bits per heavy atom. The third-order valence-electron chi connectivity index (χ3n) is 6.05. The van der Waals surface area contributed by atoms with Crippen LogP contribution < -0.4 is 0 Å². The van der Waals surface area contributed by atoms with E-state index in [0.29, 0.717) is 11.9 Å². The molecule has 0 bridgehead atoms. The molecular weight excluding hydrogens is 376 g/mol. The highest BCUT2D eigenvalue weighted by molar-refractivity contribution is 7.09. The van der Waals surface area contributed by atoms with Crippen LogP contribution in [0.25, 0.3) is 5.95 Å². The van der Waals surface area contributed by atoms with Crippen LogP contribution in [0.4, 0.5) is 0 Å². The summed E-state index contributed by atoms with van der Waals surface area (Å²) in [6.07, 6.45) is 21.7. The van der Waals surface area contributed by atoms with Gasteiger partial charge in [0.2, 0.25) is 5.95 Å². The first-order valence-corrected chi connectivity index (χ1v) is 12.2. The standard InChI is InChI=1S/C24H32N4S/c1-2-4-6-8-12-20(13-9-7-5-3-1)22-19-28(24-25-15-11-16-26-24)27-23(22)18-21-14-10-17-29-21/h10-11,14-17,19-20H,1-9,12-13,18H2. The summed E-state index contributed by atoms with van der Waals surface area (Å²) in [7, 11) is 0. The van der Waals surface area contributed by atoms with E-state index in [1.54, 1.807) is 12.4 Å². The average Bonchev–Trinajstić information content (AvgIpc) is 3.40. The first-order chi connectivity index (χ1) is 14.4. The lowest BCUT2D eigenvalue weighted by atomic mass is 9.87. The average molecular weight is 409 g/mol. The zero-order chi connectivity index (χ0) is 19.7. The second-order valence-electron chi connectivity index (χ2n) is 8.24. The molecule has 0 atom stereocenters. The Hall–Kier alpha value is -2.01. The van der Waals surface area contributed by atoms with Crippen LogP contribution in [0.1, 0.15) is 92.7 Å². The fourth-order valence-electron chi connectivity index (χ4n) is 4.47. The van der Waals surface area contributed by atoms with Crippen molar-refractivity contribution in [3.8, 4) is 5.95 Å². The van der Waals surface area contributed by atoms with E-state index in [4.69, 9.17) is 5.10 Å². The Bertz CT molecular complexity index is 829. The third-order valence-corrected chi connectivity index (χ3v) is 6.92. The van der Waals surface area contributed by atoms with Gasteiger partial charge >= 0.3 is 0 Å². The summed E-state index contributed by atoms with van der Waals surface area (Å²) < 4.78 is 1.90. The molecule has 5 heteroatoms. The molecule has 29 heavy (non-hydrogen) atoms. The lowest BCUT2D eigenvalue weighted by molar-refractivity contribution is 0.466. The van der Waals surface area contributed by atoms with Gasteiger partial charge in [-0.2, -0.15) is 5.10 Å². The molecule has 0 spiro atoms. The first kappa shape index (κ1) is 20.3. The number of hydrogen-bond donors (Lipinski definition) is 0. The van der Waals surface area contributed by atoms with Crippen LogP contribution in [-0.4, -0.2) is 19.7 Å². The zero-order valence-corrected chi connectivity index (χ0v) is 18.1. The van der Waals surface area contributed by atoms with E-state index >= 15 is 0 Å². The van der Waals surface area contributed by atoms with Crippen molar-refractivity contribution in [3.05, 3.63) is 58.3 Å². The summed E-state index contributed by atoms with van der Waals surface area (Å²) in [4.78, 5) is 10.2. The molecule has 4 nitrogen and oxygen atoms in total. The van der Waals surface area contributed by atoms with Gasteiger partial charge < -0.3 is 0 Å². The molecule has 3 aromatic rings. The molecule has 0 radical (unpaired) electrons. The fraction of sp³-hybridized carbons (Fsp3) is 0.542. The lowest BCUT2D eigenvalue weighted by Gasteiger charge is -2.18. The molecule has 4 rings (SSSR count). The van der Waals surface area contributed by atoms with Crippen molar-refractivity contribution in [3.63, 3.8) is 0 Å². The molecule has 1 saturated carbocycles. The van der Waals surface area contributed by atoms with Crippen molar-refractivity contribution < 1.29 is 0 Å².